The van der Waals surface area contributed by atoms with E-state index in [-0.39, 0.29) is 5.91 Å². The molecule has 6 heteroatoms. The van der Waals surface area contributed by atoms with Gasteiger partial charge in [-0.3, -0.25) is 4.79 Å². The number of benzene rings is 2. The molecular weight excluding hydrogens is 380 g/mol. The summed E-state index contributed by atoms with van der Waals surface area (Å²) in [6.07, 6.45) is 2.12. The molecule has 0 saturated carbocycles. The molecule has 162 valence electrons. The first kappa shape index (κ1) is 22.0. The molecule has 1 saturated heterocycles. The SMILES string of the molecule is CCCCOCc1cc(C(=O)N2CCN(c3ccccc3OC)CC2)ccc1OC. The molecule has 0 spiro atoms. The lowest BCUT2D eigenvalue weighted by atomic mass is 10.1. The number of ether oxygens (including phenoxy) is 3. The topological polar surface area (TPSA) is 51.2 Å². The Labute approximate surface area is 179 Å². The Morgan fingerprint density at radius 1 is 0.967 bits per heavy atom. The minimum absolute atomic E-state index is 0.0483. The molecule has 1 heterocycles. The lowest BCUT2D eigenvalue weighted by molar-refractivity contribution is 0.0746. The largest absolute Gasteiger partial charge is 0.496 e. The van der Waals surface area contributed by atoms with Gasteiger partial charge in [-0.15, -0.1) is 0 Å². The van der Waals surface area contributed by atoms with E-state index in [9.17, 15) is 4.79 Å². The van der Waals surface area contributed by atoms with Crippen molar-refractivity contribution in [2.45, 2.75) is 26.4 Å². The Bertz CT molecular complexity index is 832. The summed E-state index contributed by atoms with van der Waals surface area (Å²) in [6, 6.07) is 13.6. The van der Waals surface area contributed by atoms with Crippen molar-refractivity contribution in [3.8, 4) is 11.5 Å². The van der Waals surface area contributed by atoms with Crippen molar-refractivity contribution < 1.29 is 19.0 Å². The molecule has 30 heavy (non-hydrogen) atoms. The van der Waals surface area contributed by atoms with Gasteiger partial charge in [0.1, 0.15) is 11.5 Å². The van der Waals surface area contributed by atoms with Gasteiger partial charge in [-0.25, -0.2) is 0 Å². The van der Waals surface area contributed by atoms with Gasteiger partial charge in [-0.1, -0.05) is 25.5 Å². The molecule has 1 aliphatic rings. The molecule has 0 radical (unpaired) electrons. The van der Waals surface area contributed by atoms with Crippen LogP contribution in [0.5, 0.6) is 11.5 Å². The molecule has 1 aliphatic heterocycles. The fraction of sp³-hybridized carbons (Fsp3) is 0.458. The Morgan fingerprint density at radius 3 is 2.40 bits per heavy atom. The van der Waals surface area contributed by atoms with Gasteiger partial charge in [0.05, 0.1) is 26.5 Å². The maximum Gasteiger partial charge on any atom is 0.253 e. The molecule has 0 bridgehead atoms. The third-order valence-corrected chi connectivity index (χ3v) is 5.42. The third kappa shape index (κ3) is 5.25. The predicted molar refractivity (Wildman–Crippen MR) is 119 cm³/mol. The second-order valence-electron chi connectivity index (χ2n) is 7.38. The summed E-state index contributed by atoms with van der Waals surface area (Å²) in [5.41, 5.74) is 2.66. The highest BCUT2D eigenvalue weighted by atomic mass is 16.5. The first-order valence-corrected chi connectivity index (χ1v) is 10.6. The molecule has 0 N–H and O–H groups in total. The van der Waals surface area contributed by atoms with Crippen molar-refractivity contribution in [3.05, 3.63) is 53.6 Å². The molecule has 0 unspecified atom stereocenters. The molecule has 2 aromatic carbocycles. The third-order valence-electron chi connectivity index (χ3n) is 5.42. The summed E-state index contributed by atoms with van der Waals surface area (Å²) in [7, 11) is 3.33. The van der Waals surface area contributed by atoms with Crippen LogP contribution < -0.4 is 14.4 Å². The Kier molecular flexibility index (Phi) is 7.97. The van der Waals surface area contributed by atoms with Crippen molar-refractivity contribution in [2.24, 2.45) is 0 Å². The van der Waals surface area contributed by atoms with Gasteiger partial charge in [0.2, 0.25) is 0 Å². The first-order chi connectivity index (χ1) is 14.7. The second-order valence-corrected chi connectivity index (χ2v) is 7.38. The van der Waals surface area contributed by atoms with Crippen LogP contribution in [0.1, 0.15) is 35.7 Å². The summed E-state index contributed by atoms with van der Waals surface area (Å²) in [5.74, 6) is 1.66. The molecule has 1 fully saturated rings. The maximum absolute atomic E-state index is 13.1. The van der Waals surface area contributed by atoms with Gasteiger partial charge in [0.15, 0.2) is 0 Å². The minimum Gasteiger partial charge on any atom is -0.496 e. The molecule has 0 aromatic heterocycles. The van der Waals surface area contributed by atoms with Crippen LogP contribution in [0, 0.1) is 0 Å². The number of nitrogens with zero attached hydrogens (tertiary/aromatic N) is 2. The number of piperazine rings is 1. The number of hydrogen-bond acceptors (Lipinski definition) is 5. The average molecular weight is 413 g/mol. The summed E-state index contributed by atoms with van der Waals surface area (Å²) >= 11 is 0. The first-order valence-electron chi connectivity index (χ1n) is 10.6. The molecule has 0 atom stereocenters. The fourth-order valence-corrected chi connectivity index (χ4v) is 3.68. The van der Waals surface area contributed by atoms with Crippen LogP contribution in [0.15, 0.2) is 42.5 Å². The lowest BCUT2D eigenvalue weighted by Gasteiger charge is -2.36. The second kappa shape index (κ2) is 10.9. The predicted octanol–water partition coefficient (Wildman–Crippen LogP) is 3.98. The molecule has 1 amide bonds. The highest BCUT2D eigenvalue weighted by Crippen LogP contribution is 2.29. The highest BCUT2D eigenvalue weighted by Gasteiger charge is 2.24. The van der Waals surface area contributed by atoms with E-state index in [0.29, 0.717) is 31.9 Å². The quantitative estimate of drug-likeness (QED) is 0.583. The summed E-state index contributed by atoms with van der Waals surface area (Å²) in [5, 5.41) is 0. The molecular formula is C24H32N2O4. The van der Waals surface area contributed by atoms with Crippen molar-refractivity contribution in [3.63, 3.8) is 0 Å². The van der Waals surface area contributed by atoms with Crippen LogP contribution >= 0.6 is 0 Å². The number of carbonyl (C=O) groups is 1. The number of carbonyl (C=O) groups excluding carboxylic acids is 1. The number of unbranched alkanes of at least 4 members (excludes halogenated alkanes) is 1. The Hall–Kier alpha value is -2.73. The summed E-state index contributed by atoms with van der Waals surface area (Å²) in [6.45, 7) is 6.19. The fourth-order valence-electron chi connectivity index (χ4n) is 3.68. The average Bonchev–Trinajstić information content (AvgIpc) is 2.81. The Morgan fingerprint density at radius 2 is 1.70 bits per heavy atom. The Balaban J connectivity index is 1.64. The number of rotatable bonds is 9. The lowest BCUT2D eigenvalue weighted by Crippen LogP contribution is -2.48. The standard InChI is InChI=1S/C24H32N2O4/c1-4-5-16-30-18-20-17-19(10-11-22(20)28-2)24(27)26-14-12-25(13-15-26)21-8-6-7-9-23(21)29-3/h6-11,17H,4-5,12-16,18H2,1-3H3. The van der Waals surface area contributed by atoms with E-state index >= 15 is 0 Å². The van der Waals surface area contributed by atoms with E-state index < -0.39 is 0 Å². The monoisotopic (exact) mass is 412 g/mol. The van der Waals surface area contributed by atoms with Gasteiger partial charge in [-0.05, 0) is 36.8 Å². The zero-order valence-corrected chi connectivity index (χ0v) is 18.2. The van der Waals surface area contributed by atoms with E-state index in [1.807, 2.05) is 41.3 Å². The van der Waals surface area contributed by atoms with E-state index in [4.69, 9.17) is 14.2 Å². The molecule has 3 rings (SSSR count). The zero-order chi connectivity index (χ0) is 21.3. The number of hydrogen-bond donors (Lipinski definition) is 0. The highest BCUT2D eigenvalue weighted by molar-refractivity contribution is 5.94. The van der Waals surface area contributed by atoms with Crippen LogP contribution in [-0.4, -0.2) is 57.8 Å². The van der Waals surface area contributed by atoms with Crippen molar-refractivity contribution in [1.82, 2.24) is 4.90 Å². The van der Waals surface area contributed by atoms with Gasteiger partial charge in [-0.2, -0.15) is 0 Å². The summed E-state index contributed by atoms with van der Waals surface area (Å²) < 4.78 is 16.7. The van der Waals surface area contributed by atoms with Gasteiger partial charge in [0, 0.05) is 43.9 Å². The van der Waals surface area contributed by atoms with E-state index in [2.05, 4.69) is 17.9 Å². The van der Waals surface area contributed by atoms with Crippen LogP contribution in [0.2, 0.25) is 0 Å². The number of methoxy groups -OCH3 is 2. The van der Waals surface area contributed by atoms with Crippen molar-refractivity contribution in [2.75, 3.05) is 51.9 Å². The number of anilines is 1. The van der Waals surface area contributed by atoms with Crippen LogP contribution in [0.3, 0.4) is 0 Å². The van der Waals surface area contributed by atoms with Crippen LogP contribution in [0.4, 0.5) is 5.69 Å². The molecule has 2 aromatic rings. The van der Waals surface area contributed by atoms with Crippen LogP contribution in [0.25, 0.3) is 0 Å². The van der Waals surface area contributed by atoms with Crippen molar-refractivity contribution >= 4 is 11.6 Å². The summed E-state index contributed by atoms with van der Waals surface area (Å²) in [4.78, 5) is 17.3. The van der Waals surface area contributed by atoms with E-state index in [1.165, 1.54) is 0 Å². The van der Waals surface area contributed by atoms with Crippen molar-refractivity contribution in [1.29, 1.82) is 0 Å². The number of amides is 1. The molecule has 6 nitrogen and oxygen atoms in total. The van der Waals surface area contributed by atoms with E-state index in [1.54, 1.807) is 14.2 Å². The van der Waals surface area contributed by atoms with E-state index in [0.717, 1.165) is 48.7 Å². The van der Waals surface area contributed by atoms with Gasteiger partial charge < -0.3 is 24.0 Å². The zero-order valence-electron chi connectivity index (χ0n) is 18.2. The number of para-hydroxylation sites is 2. The maximum atomic E-state index is 13.1. The minimum atomic E-state index is 0.0483. The smallest absolute Gasteiger partial charge is 0.253 e. The normalized spacial score (nSPS) is 14.0. The van der Waals surface area contributed by atoms with Gasteiger partial charge in [0.25, 0.3) is 5.91 Å². The van der Waals surface area contributed by atoms with Gasteiger partial charge >= 0.3 is 0 Å². The van der Waals surface area contributed by atoms with Crippen LogP contribution in [-0.2, 0) is 11.3 Å². The molecule has 0 aliphatic carbocycles.